The molecule has 1 aliphatic rings. The summed E-state index contributed by atoms with van der Waals surface area (Å²) in [5, 5.41) is 0.551. The van der Waals surface area contributed by atoms with Crippen LogP contribution in [0.4, 0.5) is 4.39 Å². The first-order valence-corrected chi connectivity index (χ1v) is 7.50. The molecule has 3 rings (SSSR count). The molecular weight excluding hydrogens is 298 g/mol. The number of benzene rings is 1. The summed E-state index contributed by atoms with van der Waals surface area (Å²) in [7, 11) is -0.848. The first-order chi connectivity index (χ1) is 10.5. The van der Waals surface area contributed by atoms with Crippen LogP contribution in [0.25, 0.3) is 10.9 Å². The smallest absolute Gasteiger partial charge is 0.399 e. The molecule has 0 bridgehead atoms. The minimum Gasteiger partial charge on any atom is -0.399 e. The summed E-state index contributed by atoms with van der Waals surface area (Å²) in [5.74, 6) is -1.25. The molecule has 23 heavy (non-hydrogen) atoms. The largest absolute Gasteiger partial charge is 0.498 e. The topological polar surface area (TPSA) is 77.3 Å². The molecule has 1 amide bonds. The van der Waals surface area contributed by atoms with Gasteiger partial charge in [-0.15, -0.1) is 0 Å². The molecule has 0 saturated carbocycles. The normalized spacial score (nSPS) is 19.5. The summed E-state index contributed by atoms with van der Waals surface area (Å²) in [6, 6.07) is 2.91. The Morgan fingerprint density at radius 2 is 1.78 bits per heavy atom. The Morgan fingerprint density at radius 1 is 1.22 bits per heavy atom. The number of aryl methyl sites for hydroxylation is 1. The highest BCUT2D eigenvalue weighted by Gasteiger charge is 2.53. The van der Waals surface area contributed by atoms with Gasteiger partial charge in [0.2, 0.25) is 0 Å². The van der Waals surface area contributed by atoms with E-state index < -0.39 is 30.0 Å². The Labute approximate surface area is 134 Å². The molecule has 0 radical (unpaired) electrons. The quantitative estimate of drug-likeness (QED) is 0.832. The number of H-pyrrole nitrogens is 1. The number of hydrogen-bond donors (Lipinski definition) is 2. The summed E-state index contributed by atoms with van der Waals surface area (Å²) in [6.07, 6.45) is 0. The number of nitrogens with one attached hydrogen (secondary N) is 1. The van der Waals surface area contributed by atoms with Gasteiger partial charge >= 0.3 is 7.12 Å². The van der Waals surface area contributed by atoms with Crippen molar-refractivity contribution in [3.05, 3.63) is 29.2 Å². The highest BCUT2D eigenvalue weighted by atomic mass is 19.1. The fraction of sp³-hybridized carbons (Fsp3) is 0.438. The molecule has 2 aromatic rings. The van der Waals surface area contributed by atoms with E-state index in [1.54, 1.807) is 6.07 Å². The lowest BCUT2D eigenvalue weighted by Gasteiger charge is -2.32. The number of nitrogens with two attached hydrogens (primary N) is 1. The van der Waals surface area contributed by atoms with E-state index in [0.717, 1.165) is 11.8 Å². The Balaban J connectivity index is 2.22. The average molecular weight is 318 g/mol. The van der Waals surface area contributed by atoms with E-state index in [4.69, 9.17) is 15.0 Å². The van der Waals surface area contributed by atoms with Gasteiger partial charge in [-0.05, 0) is 46.8 Å². The van der Waals surface area contributed by atoms with Crippen LogP contribution in [0, 0.1) is 12.7 Å². The van der Waals surface area contributed by atoms with E-state index >= 15 is 0 Å². The van der Waals surface area contributed by atoms with Crippen molar-refractivity contribution >= 4 is 29.4 Å². The average Bonchev–Trinajstić information content (AvgIpc) is 2.85. The Kier molecular flexibility index (Phi) is 3.36. The van der Waals surface area contributed by atoms with E-state index in [1.807, 2.05) is 34.6 Å². The number of primary amides is 1. The van der Waals surface area contributed by atoms with Crippen LogP contribution in [0.5, 0.6) is 0 Å². The molecule has 1 fully saturated rings. The molecule has 1 saturated heterocycles. The molecule has 2 heterocycles. The number of rotatable bonds is 2. The van der Waals surface area contributed by atoms with Gasteiger partial charge in [0.1, 0.15) is 5.82 Å². The fourth-order valence-electron chi connectivity index (χ4n) is 2.81. The number of aromatic amines is 1. The Morgan fingerprint density at radius 3 is 2.30 bits per heavy atom. The third kappa shape index (κ3) is 2.35. The van der Waals surface area contributed by atoms with Crippen molar-refractivity contribution in [1.29, 1.82) is 0 Å². The van der Waals surface area contributed by atoms with Gasteiger partial charge in [-0.1, -0.05) is 0 Å². The highest BCUT2D eigenvalue weighted by molar-refractivity contribution is 6.65. The maximum atomic E-state index is 14.7. The van der Waals surface area contributed by atoms with Crippen molar-refractivity contribution in [2.24, 2.45) is 5.73 Å². The first kappa shape index (κ1) is 16.0. The van der Waals surface area contributed by atoms with Crippen LogP contribution >= 0.6 is 0 Å². The predicted octanol–water partition coefficient (Wildman–Crippen LogP) is 2.01. The first-order valence-electron chi connectivity index (χ1n) is 7.50. The lowest BCUT2D eigenvalue weighted by atomic mass is 9.76. The van der Waals surface area contributed by atoms with Crippen molar-refractivity contribution in [2.45, 2.75) is 45.8 Å². The van der Waals surface area contributed by atoms with Crippen molar-refractivity contribution in [1.82, 2.24) is 4.98 Å². The number of hydrogen-bond acceptors (Lipinski definition) is 3. The van der Waals surface area contributed by atoms with Crippen molar-refractivity contribution in [2.75, 3.05) is 0 Å². The third-order valence-corrected chi connectivity index (χ3v) is 4.79. The predicted molar refractivity (Wildman–Crippen MR) is 87.2 cm³/mol. The summed E-state index contributed by atoms with van der Waals surface area (Å²) >= 11 is 0. The van der Waals surface area contributed by atoms with Crippen LogP contribution in [-0.4, -0.2) is 29.2 Å². The molecule has 0 atom stereocenters. The molecule has 1 aromatic carbocycles. The number of halogens is 1. The lowest BCUT2D eigenvalue weighted by Crippen LogP contribution is -2.41. The number of carbonyl (C=O) groups is 1. The van der Waals surface area contributed by atoms with Gasteiger partial charge < -0.3 is 20.0 Å². The summed E-state index contributed by atoms with van der Waals surface area (Å²) < 4.78 is 26.6. The summed E-state index contributed by atoms with van der Waals surface area (Å²) in [5.41, 5.74) is 5.90. The minimum absolute atomic E-state index is 0.117. The summed E-state index contributed by atoms with van der Waals surface area (Å²) in [6.45, 7) is 9.45. The van der Waals surface area contributed by atoms with Crippen LogP contribution in [0.15, 0.2) is 12.1 Å². The molecule has 7 heteroatoms. The van der Waals surface area contributed by atoms with Gasteiger partial charge in [0.15, 0.2) is 0 Å². The van der Waals surface area contributed by atoms with Crippen LogP contribution in [-0.2, 0) is 9.31 Å². The van der Waals surface area contributed by atoms with E-state index in [0.29, 0.717) is 10.9 Å². The minimum atomic E-state index is -0.848. The molecule has 3 N–H and O–H groups in total. The second-order valence-electron chi connectivity index (χ2n) is 7.01. The van der Waals surface area contributed by atoms with Gasteiger partial charge in [-0.3, -0.25) is 4.79 Å². The fourth-order valence-corrected chi connectivity index (χ4v) is 2.81. The third-order valence-electron chi connectivity index (χ3n) is 4.79. The number of fused-ring (bicyclic) bond motifs is 1. The van der Waals surface area contributed by atoms with Crippen LogP contribution in [0.2, 0.25) is 0 Å². The van der Waals surface area contributed by atoms with Gasteiger partial charge in [0.05, 0.1) is 22.3 Å². The van der Waals surface area contributed by atoms with Crippen molar-refractivity contribution in [3.63, 3.8) is 0 Å². The SMILES string of the molecule is Cc1cc2c(B3OC(C)(C)C(C)(C)O3)c(F)cc(C(N)=O)c2[nH]1. The van der Waals surface area contributed by atoms with Gasteiger partial charge in [-0.25, -0.2) is 4.39 Å². The zero-order chi connectivity index (χ0) is 17.2. The van der Waals surface area contributed by atoms with E-state index in [1.165, 1.54) is 0 Å². The zero-order valence-electron chi connectivity index (χ0n) is 13.9. The maximum Gasteiger partial charge on any atom is 0.498 e. The number of carbonyl (C=O) groups excluding carboxylic acids is 1. The molecule has 0 unspecified atom stereocenters. The van der Waals surface area contributed by atoms with Gasteiger partial charge in [0, 0.05) is 16.5 Å². The molecule has 5 nitrogen and oxygen atoms in total. The van der Waals surface area contributed by atoms with E-state index in [9.17, 15) is 9.18 Å². The standard InChI is InChI=1S/C16H20BFN2O3/c1-8-6-9-12(17-22-15(2,3)16(4,5)23-17)11(18)7-10(14(19)21)13(9)20-8/h6-7,20H,1-5H3,(H2,19,21). The second kappa shape index (κ2) is 4.82. The maximum absolute atomic E-state index is 14.7. The Bertz CT molecular complexity index is 797. The molecule has 1 aliphatic heterocycles. The zero-order valence-corrected chi connectivity index (χ0v) is 13.9. The van der Waals surface area contributed by atoms with Crippen LogP contribution < -0.4 is 11.2 Å². The number of aromatic nitrogens is 1. The molecule has 0 aliphatic carbocycles. The van der Waals surface area contributed by atoms with E-state index in [-0.39, 0.29) is 11.0 Å². The molecule has 122 valence electrons. The van der Waals surface area contributed by atoms with E-state index in [2.05, 4.69) is 4.98 Å². The molecule has 0 spiro atoms. The van der Waals surface area contributed by atoms with Gasteiger partial charge in [-0.2, -0.15) is 0 Å². The monoisotopic (exact) mass is 318 g/mol. The number of amides is 1. The van der Waals surface area contributed by atoms with Crippen molar-refractivity contribution in [3.8, 4) is 0 Å². The van der Waals surface area contributed by atoms with Crippen LogP contribution in [0.3, 0.4) is 0 Å². The summed E-state index contributed by atoms with van der Waals surface area (Å²) in [4.78, 5) is 14.7. The van der Waals surface area contributed by atoms with Crippen LogP contribution in [0.1, 0.15) is 43.7 Å². The lowest BCUT2D eigenvalue weighted by molar-refractivity contribution is 0.00578. The Hall–Kier alpha value is -1.86. The van der Waals surface area contributed by atoms with Gasteiger partial charge in [0.25, 0.3) is 5.91 Å². The highest BCUT2D eigenvalue weighted by Crippen LogP contribution is 2.37. The molecule has 1 aromatic heterocycles. The second-order valence-corrected chi connectivity index (χ2v) is 7.01. The van der Waals surface area contributed by atoms with Crippen molar-refractivity contribution < 1.29 is 18.5 Å². The molecular formula is C16H20BFN2O3.